The van der Waals surface area contributed by atoms with Crippen LogP contribution in [0.3, 0.4) is 0 Å². The predicted octanol–water partition coefficient (Wildman–Crippen LogP) is 1.75. The summed E-state index contributed by atoms with van der Waals surface area (Å²) in [6.45, 7) is 2.13. The second-order valence-corrected chi connectivity index (χ2v) is 8.02. The van der Waals surface area contributed by atoms with Crippen molar-refractivity contribution < 1.29 is 32.3 Å². The molecule has 9 nitrogen and oxygen atoms in total. The lowest BCUT2D eigenvalue weighted by atomic mass is 10.1. The molecule has 0 fully saturated rings. The Bertz CT molecular complexity index is 1020. The highest BCUT2D eigenvalue weighted by Gasteiger charge is 2.24. The molecule has 0 saturated carbocycles. The first-order chi connectivity index (χ1) is 14.1. The number of ketones is 1. The van der Waals surface area contributed by atoms with Crippen LogP contribution in [-0.2, 0) is 24.3 Å². The molecule has 160 valence electrons. The molecule has 10 heteroatoms. The van der Waals surface area contributed by atoms with E-state index < -0.39 is 34.4 Å². The normalized spacial score (nSPS) is 12.0. The highest BCUT2D eigenvalue weighted by Crippen LogP contribution is 2.16. The molecular formula is C20H22N2O7S. The highest BCUT2D eigenvalue weighted by molar-refractivity contribution is 7.89. The van der Waals surface area contributed by atoms with Crippen molar-refractivity contribution in [3.8, 4) is 5.75 Å². The topological polar surface area (TPSA) is 128 Å². The number of amides is 1. The standard InChI is InChI=1S/C20H22N2O7S/c1-13(22-30(26,27)18-10-8-17(28-3)9-11-18)20(25)29-12-19(24)15-4-6-16(7-5-15)21-14(2)23/h4-11,13,22H,12H2,1-3H3,(H,21,23). The lowest BCUT2D eigenvalue weighted by Gasteiger charge is -2.14. The van der Waals surface area contributed by atoms with E-state index in [-0.39, 0.29) is 16.4 Å². The summed E-state index contributed by atoms with van der Waals surface area (Å²) >= 11 is 0. The maximum atomic E-state index is 12.4. The number of benzene rings is 2. The lowest BCUT2D eigenvalue weighted by Crippen LogP contribution is -2.40. The van der Waals surface area contributed by atoms with Gasteiger partial charge in [-0.15, -0.1) is 0 Å². The Kier molecular flexibility index (Phi) is 7.67. The third-order valence-corrected chi connectivity index (χ3v) is 5.48. The maximum Gasteiger partial charge on any atom is 0.324 e. The molecule has 0 aliphatic carbocycles. The number of hydrogen-bond acceptors (Lipinski definition) is 7. The molecule has 2 rings (SSSR count). The molecule has 1 amide bonds. The van der Waals surface area contributed by atoms with Crippen LogP contribution >= 0.6 is 0 Å². The van der Waals surface area contributed by atoms with E-state index in [1.165, 1.54) is 57.4 Å². The van der Waals surface area contributed by atoms with E-state index in [0.29, 0.717) is 11.4 Å². The number of rotatable bonds is 9. The number of nitrogens with one attached hydrogen (secondary N) is 2. The molecule has 30 heavy (non-hydrogen) atoms. The van der Waals surface area contributed by atoms with Gasteiger partial charge < -0.3 is 14.8 Å². The van der Waals surface area contributed by atoms with Crippen LogP contribution in [0.1, 0.15) is 24.2 Å². The van der Waals surface area contributed by atoms with Gasteiger partial charge in [0.05, 0.1) is 12.0 Å². The van der Waals surface area contributed by atoms with Crippen molar-refractivity contribution in [2.45, 2.75) is 24.8 Å². The largest absolute Gasteiger partial charge is 0.497 e. The van der Waals surface area contributed by atoms with Gasteiger partial charge in [-0.3, -0.25) is 14.4 Å². The molecule has 0 aliphatic heterocycles. The van der Waals surface area contributed by atoms with Gasteiger partial charge in [-0.1, -0.05) is 0 Å². The Balaban J connectivity index is 1.91. The van der Waals surface area contributed by atoms with E-state index >= 15 is 0 Å². The molecule has 2 aromatic rings. The lowest BCUT2D eigenvalue weighted by molar-refractivity contribution is -0.144. The number of ether oxygens (including phenoxy) is 2. The summed E-state index contributed by atoms with van der Waals surface area (Å²) in [7, 11) is -2.50. The zero-order valence-electron chi connectivity index (χ0n) is 16.7. The van der Waals surface area contributed by atoms with Gasteiger partial charge in [0, 0.05) is 18.2 Å². The summed E-state index contributed by atoms with van der Waals surface area (Å²) < 4.78 is 36.8. The molecule has 0 heterocycles. The van der Waals surface area contributed by atoms with Gasteiger partial charge in [0.2, 0.25) is 15.9 Å². The van der Waals surface area contributed by atoms with Crippen molar-refractivity contribution in [1.82, 2.24) is 4.72 Å². The molecular weight excluding hydrogens is 412 g/mol. The SMILES string of the molecule is COc1ccc(S(=O)(=O)NC(C)C(=O)OCC(=O)c2ccc(NC(C)=O)cc2)cc1. The summed E-state index contributed by atoms with van der Waals surface area (Å²) in [5, 5.41) is 2.57. The number of sulfonamides is 1. The molecule has 0 spiro atoms. The summed E-state index contributed by atoms with van der Waals surface area (Å²) in [5.74, 6) is -1.11. The summed E-state index contributed by atoms with van der Waals surface area (Å²) in [6, 6.07) is 10.5. The minimum absolute atomic E-state index is 0.0433. The highest BCUT2D eigenvalue weighted by atomic mass is 32.2. The second kappa shape index (κ2) is 9.99. The monoisotopic (exact) mass is 434 g/mol. The quantitative estimate of drug-likeness (QED) is 0.454. The van der Waals surface area contributed by atoms with E-state index in [1.54, 1.807) is 12.1 Å². The number of Topliss-reactive ketones (excluding diaryl/α,β-unsaturated/α-hetero) is 1. The van der Waals surface area contributed by atoms with E-state index in [0.717, 1.165) is 0 Å². The van der Waals surface area contributed by atoms with Crippen LogP contribution in [0.25, 0.3) is 0 Å². The van der Waals surface area contributed by atoms with E-state index in [1.807, 2.05) is 0 Å². The third-order valence-electron chi connectivity index (χ3n) is 3.93. The van der Waals surface area contributed by atoms with Crippen LogP contribution < -0.4 is 14.8 Å². The van der Waals surface area contributed by atoms with E-state index in [2.05, 4.69) is 10.0 Å². The van der Waals surface area contributed by atoms with Gasteiger partial charge >= 0.3 is 5.97 Å². The van der Waals surface area contributed by atoms with Crippen molar-refractivity contribution in [2.75, 3.05) is 19.0 Å². The molecule has 2 N–H and O–H groups in total. The van der Waals surface area contributed by atoms with E-state index in [4.69, 9.17) is 9.47 Å². The molecule has 1 atom stereocenters. The van der Waals surface area contributed by atoms with Gasteiger partial charge in [0.25, 0.3) is 0 Å². The van der Waals surface area contributed by atoms with Crippen LogP contribution in [0.5, 0.6) is 5.75 Å². The summed E-state index contributed by atoms with van der Waals surface area (Å²) in [5.41, 5.74) is 0.806. The van der Waals surface area contributed by atoms with Crippen LogP contribution in [0, 0.1) is 0 Å². The van der Waals surface area contributed by atoms with Crippen molar-refractivity contribution >= 4 is 33.4 Å². The zero-order chi connectivity index (χ0) is 22.3. The van der Waals surface area contributed by atoms with Crippen molar-refractivity contribution in [2.24, 2.45) is 0 Å². The van der Waals surface area contributed by atoms with Crippen LogP contribution in [0.2, 0.25) is 0 Å². The predicted molar refractivity (Wildman–Crippen MR) is 109 cm³/mol. The number of hydrogen-bond donors (Lipinski definition) is 2. The van der Waals surface area contributed by atoms with Gasteiger partial charge in [-0.2, -0.15) is 4.72 Å². The van der Waals surface area contributed by atoms with E-state index in [9.17, 15) is 22.8 Å². The Hall–Kier alpha value is -3.24. The molecule has 0 aromatic heterocycles. The smallest absolute Gasteiger partial charge is 0.324 e. The number of carbonyl (C=O) groups excluding carboxylic acids is 3. The van der Waals surface area contributed by atoms with Crippen LogP contribution in [0.15, 0.2) is 53.4 Å². The molecule has 1 unspecified atom stereocenters. The van der Waals surface area contributed by atoms with Crippen molar-refractivity contribution in [3.05, 3.63) is 54.1 Å². The van der Waals surface area contributed by atoms with Gasteiger partial charge in [-0.25, -0.2) is 8.42 Å². The summed E-state index contributed by atoms with van der Waals surface area (Å²) in [6.07, 6.45) is 0. The Morgan fingerprint density at radius 3 is 2.13 bits per heavy atom. The Labute approximate surface area is 174 Å². The first-order valence-corrected chi connectivity index (χ1v) is 10.3. The molecule has 0 radical (unpaired) electrons. The fraction of sp³-hybridized carbons (Fsp3) is 0.250. The van der Waals surface area contributed by atoms with Gasteiger partial charge in [0.15, 0.2) is 12.4 Å². The first-order valence-electron chi connectivity index (χ1n) is 8.86. The van der Waals surface area contributed by atoms with Gasteiger partial charge in [-0.05, 0) is 55.5 Å². The second-order valence-electron chi connectivity index (χ2n) is 6.31. The fourth-order valence-electron chi connectivity index (χ4n) is 2.39. The zero-order valence-corrected chi connectivity index (χ0v) is 17.5. The number of esters is 1. The van der Waals surface area contributed by atoms with Crippen LogP contribution in [0.4, 0.5) is 5.69 Å². The maximum absolute atomic E-state index is 12.4. The Morgan fingerprint density at radius 2 is 1.60 bits per heavy atom. The van der Waals surface area contributed by atoms with Crippen molar-refractivity contribution in [1.29, 1.82) is 0 Å². The third kappa shape index (κ3) is 6.39. The molecule has 0 bridgehead atoms. The minimum atomic E-state index is -3.96. The fourth-order valence-corrected chi connectivity index (χ4v) is 3.58. The van der Waals surface area contributed by atoms with Crippen LogP contribution in [-0.4, -0.2) is 45.8 Å². The van der Waals surface area contributed by atoms with Crippen molar-refractivity contribution in [3.63, 3.8) is 0 Å². The average molecular weight is 434 g/mol. The Morgan fingerprint density at radius 1 is 1.00 bits per heavy atom. The average Bonchev–Trinajstić information content (AvgIpc) is 2.71. The number of methoxy groups -OCH3 is 1. The summed E-state index contributed by atoms with van der Waals surface area (Å²) in [4.78, 5) is 35.2. The molecule has 0 aliphatic rings. The number of anilines is 1. The number of carbonyl (C=O) groups is 3. The molecule has 2 aromatic carbocycles. The van der Waals surface area contributed by atoms with Gasteiger partial charge in [0.1, 0.15) is 11.8 Å². The first kappa shape index (κ1) is 23.0. The minimum Gasteiger partial charge on any atom is -0.497 e. The molecule has 0 saturated heterocycles.